The second-order valence-electron chi connectivity index (χ2n) is 8.99. The Balaban J connectivity index is 1.78. The van der Waals surface area contributed by atoms with E-state index in [4.69, 9.17) is 0 Å². The maximum Gasteiger partial charge on any atom is 0.275 e. The van der Waals surface area contributed by atoms with Crippen molar-refractivity contribution in [2.24, 2.45) is 13.0 Å². The maximum atomic E-state index is 13.7. The lowest BCUT2D eigenvalue weighted by Gasteiger charge is -2.31. The lowest BCUT2D eigenvalue weighted by molar-refractivity contribution is 0.0684. The predicted octanol–water partition coefficient (Wildman–Crippen LogP) is 4.48. The average Bonchev–Trinajstić information content (AvgIpc) is 3.36. The van der Waals surface area contributed by atoms with Gasteiger partial charge in [-0.1, -0.05) is 38.0 Å². The highest BCUT2D eigenvalue weighted by Gasteiger charge is 2.29. The number of benzene rings is 1. The van der Waals surface area contributed by atoms with Crippen molar-refractivity contribution in [2.45, 2.75) is 51.5 Å². The molecule has 2 aliphatic rings. The van der Waals surface area contributed by atoms with Crippen molar-refractivity contribution < 1.29 is 4.79 Å². The van der Waals surface area contributed by atoms with Gasteiger partial charge in [0, 0.05) is 48.7 Å². The number of hydrogen-bond acceptors (Lipinski definition) is 2. The Bertz CT molecular complexity index is 1150. The third kappa shape index (κ3) is 2.90. The van der Waals surface area contributed by atoms with Crippen molar-refractivity contribution in [3.05, 3.63) is 46.4 Å². The van der Waals surface area contributed by atoms with Crippen molar-refractivity contribution in [1.82, 2.24) is 14.0 Å². The predicted molar refractivity (Wildman–Crippen MR) is 116 cm³/mol. The van der Waals surface area contributed by atoms with E-state index in [0.717, 1.165) is 61.5 Å². The minimum atomic E-state index is 0.0363. The first kappa shape index (κ1) is 18.5. The van der Waals surface area contributed by atoms with Gasteiger partial charge in [-0.05, 0) is 37.7 Å². The lowest BCUT2D eigenvalue weighted by Crippen LogP contribution is -2.40. The molecule has 0 N–H and O–H groups in total. The molecule has 1 atom stereocenters. The summed E-state index contributed by atoms with van der Waals surface area (Å²) in [6.45, 7) is 3.82. The van der Waals surface area contributed by atoms with Gasteiger partial charge in [0.05, 0.1) is 5.56 Å². The van der Waals surface area contributed by atoms with E-state index in [0.29, 0.717) is 17.0 Å². The molecule has 1 saturated carbocycles. The highest BCUT2D eigenvalue weighted by molar-refractivity contribution is 6.17. The summed E-state index contributed by atoms with van der Waals surface area (Å²) in [6, 6.07) is 8.25. The van der Waals surface area contributed by atoms with E-state index in [2.05, 4.69) is 6.92 Å². The second kappa shape index (κ2) is 7.05. The molecule has 0 radical (unpaired) electrons. The number of likely N-dealkylation sites (tertiary alicyclic amines) is 1. The van der Waals surface area contributed by atoms with E-state index >= 15 is 0 Å². The van der Waals surface area contributed by atoms with E-state index in [1.54, 1.807) is 0 Å². The molecule has 1 aliphatic heterocycles. The normalized spacial score (nSPS) is 20.8. The van der Waals surface area contributed by atoms with Crippen LogP contribution in [-0.2, 0) is 7.05 Å². The molecule has 2 fully saturated rings. The summed E-state index contributed by atoms with van der Waals surface area (Å²) >= 11 is 0. The van der Waals surface area contributed by atoms with Gasteiger partial charge in [-0.3, -0.25) is 9.59 Å². The first-order valence-corrected chi connectivity index (χ1v) is 11.0. The van der Waals surface area contributed by atoms with Crippen LogP contribution in [0.2, 0.25) is 0 Å². The summed E-state index contributed by atoms with van der Waals surface area (Å²) < 4.78 is 3.85. The van der Waals surface area contributed by atoms with Gasteiger partial charge in [0.25, 0.3) is 11.5 Å². The molecule has 3 aromatic rings. The molecule has 3 heterocycles. The summed E-state index contributed by atoms with van der Waals surface area (Å²) in [7, 11) is 1.95. The van der Waals surface area contributed by atoms with Crippen LogP contribution in [0.5, 0.6) is 0 Å². The third-order valence-corrected chi connectivity index (χ3v) is 6.97. The van der Waals surface area contributed by atoms with Crippen molar-refractivity contribution >= 4 is 27.7 Å². The number of carbonyl (C=O) groups excluding carboxylic acids is 1. The van der Waals surface area contributed by atoms with Crippen LogP contribution in [0.3, 0.4) is 0 Å². The van der Waals surface area contributed by atoms with Gasteiger partial charge in [0.15, 0.2) is 0 Å². The Labute approximate surface area is 170 Å². The second-order valence-corrected chi connectivity index (χ2v) is 8.99. The molecule has 1 aromatic carbocycles. The zero-order valence-corrected chi connectivity index (χ0v) is 17.4. The van der Waals surface area contributed by atoms with Gasteiger partial charge in [-0.2, -0.15) is 0 Å². The van der Waals surface area contributed by atoms with Crippen LogP contribution in [0, 0.1) is 5.92 Å². The zero-order valence-electron chi connectivity index (χ0n) is 17.4. The van der Waals surface area contributed by atoms with Crippen LogP contribution in [0.15, 0.2) is 35.3 Å². The SMILES string of the molecule is C[C@H]1CCCN(C(=O)c2cn(C3CCCC3)c(=O)c3c2c2ccccc2n3C)C1. The molecule has 0 bridgehead atoms. The summed E-state index contributed by atoms with van der Waals surface area (Å²) in [5.74, 6) is 0.598. The third-order valence-electron chi connectivity index (χ3n) is 6.97. The number of pyridine rings is 1. The molecule has 5 heteroatoms. The molecule has 0 spiro atoms. The van der Waals surface area contributed by atoms with Gasteiger partial charge in [0.2, 0.25) is 0 Å². The summed E-state index contributed by atoms with van der Waals surface area (Å²) in [5.41, 5.74) is 2.39. The van der Waals surface area contributed by atoms with E-state index in [-0.39, 0.29) is 17.5 Å². The molecular weight excluding hydrogens is 362 g/mol. The minimum absolute atomic E-state index is 0.0363. The number of piperidine rings is 1. The fraction of sp³-hybridized carbons (Fsp3) is 0.500. The van der Waals surface area contributed by atoms with Crippen LogP contribution in [-0.4, -0.2) is 33.0 Å². The van der Waals surface area contributed by atoms with Crippen molar-refractivity contribution in [3.63, 3.8) is 0 Å². The van der Waals surface area contributed by atoms with Gasteiger partial charge in [-0.25, -0.2) is 0 Å². The molecule has 5 rings (SSSR count). The largest absolute Gasteiger partial charge is 0.339 e. The van der Waals surface area contributed by atoms with Gasteiger partial charge < -0.3 is 14.0 Å². The Kier molecular flexibility index (Phi) is 4.49. The number of aromatic nitrogens is 2. The van der Waals surface area contributed by atoms with Gasteiger partial charge in [-0.15, -0.1) is 0 Å². The molecule has 1 amide bonds. The highest BCUT2D eigenvalue weighted by Crippen LogP contribution is 2.34. The molecule has 5 nitrogen and oxygen atoms in total. The molecule has 2 aromatic heterocycles. The fourth-order valence-electron chi connectivity index (χ4n) is 5.46. The number of fused-ring (bicyclic) bond motifs is 3. The van der Waals surface area contributed by atoms with Crippen LogP contribution in [0.4, 0.5) is 0 Å². The smallest absolute Gasteiger partial charge is 0.275 e. The van der Waals surface area contributed by atoms with E-state index in [1.165, 1.54) is 6.42 Å². The first-order chi connectivity index (χ1) is 14.1. The number of carbonyl (C=O) groups is 1. The van der Waals surface area contributed by atoms with Crippen molar-refractivity contribution in [2.75, 3.05) is 13.1 Å². The molecular formula is C24H29N3O2. The van der Waals surface area contributed by atoms with Crippen LogP contribution in [0.25, 0.3) is 21.8 Å². The van der Waals surface area contributed by atoms with E-state index < -0.39 is 0 Å². The van der Waals surface area contributed by atoms with Crippen molar-refractivity contribution in [3.8, 4) is 0 Å². The Morgan fingerprint density at radius 2 is 1.83 bits per heavy atom. The number of nitrogens with zero attached hydrogens (tertiary/aromatic N) is 3. The molecule has 29 heavy (non-hydrogen) atoms. The zero-order chi connectivity index (χ0) is 20.1. The topological polar surface area (TPSA) is 47.2 Å². The maximum absolute atomic E-state index is 13.7. The number of amides is 1. The first-order valence-electron chi connectivity index (χ1n) is 11.0. The molecule has 1 aliphatic carbocycles. The Morgan fingerprint density at radius 3 is 2.59 bits per heavy atom. The standard InChI is InChI=1S/C24H29N3O2/c1-16-8-7-13-26(14-16)23(28)19-15-27(17-9-3-4-10-17)24(29)22-21(19)18-11-5-6-12-20(18)25(22)2/h5-6,11-12,15-17H,3-4,7-10,13-14H2,1-2H3/t16-/m0/s1. The monoisotopic (exact) mass is 391 g/mol. The number of rotatable bonds is 2. The fourth-order valence-corrected chi connectivity index (χ4v) is 5.46. The van der Waals surface area contributed by atoms with Crippen LogP contribution >= 0.6 is 0 Å². The average molecular weight is 392 g/mol. The number of hydrogen-bond donors (Lipinski definition) is 0. The van der Waals surface area contributed by atoms with Crippen LogP contribution < -0.4 is 5.56 Å². The molecule has 1 saturated heterocycles. The van der Waals surface area contributed by atoms with Gasteiger partial charge in [0.1, 0.15) is 5.52 Å². The van der Waals surface area contributed by atoms with Gasteiger partial charge >= 0.3 is 0 Å². The lowest BCUT2D eigenvalue weighted by atomic mass is 9.99. The summed E-state index contributed by atoms with van der Waals surface area (Å²) in [5, 5.41) is 1.82. The van der Waals surface area contributed by atoms with Crippen LogP contribution in [0.1, 0.15) is 61.8 Å². The quantitative estimate of drug-likeness (QED) is 0.647. The summed E-state index contributed by atoms with van der Waals surface area (Å²) in [4.78, 5) is 29.2. The molecule has 152 valence electrons. The Morgan fingerprint density at radius 1 is 1.07 bits per heavy atom. The molecule has 0 unspecified atom stereocenters. The highest BCUT2D eigenvalue weighted by atomic mass is 16.2. The van der Waals surface area contributed by atoms with E-state index in [1.807, 2.05) is 51.5 Å². The van der Waals surface area contributed by atoms with Crippen molar-refractivity contribution in [1.29, 1.82) is 0 Å². The number of para-hydroxylation sites is 1. The number of aryl methyl sites for hydroxylation is 1. The minimum Gasteiger partial charge on any atom is -0.339 e. The summed E-state index contributed by atoms with van der Waals surface area (Å²) in [6.07, 6.45) is 8.44. The van der Waals surface area contributed by atoms with E-state index in [9.17, 15) is 9.59 Å². The Hall–Kier alpha value is -2.56.